The molecule has 0 atom stereocenters. The van der Waals surface area contributed by atoms with Crippen LogP contribution in [-0.2, 0) is 0 Å². The van der Waals surface area contributed by atoms with E-state index < -0.39 is 0 Å². The number of rotatable bonds is 8. The molecule has 0 unspecified atom stereocenters. The number of piperazine rings is 1. The van der Waals surface area contributed by atoms with Gasteiger partial charge < -0.3 is 35.5 Å². The van der Waals surface area contributed by atoms with Crippen LogP contribution >= 0.6 is 0 Å². The Balaban J connectivity index is 1.19. The van der Waals surface area contributed by atoms with Gasteiger partial charge in [-0.15, -0.1) is 0 Å². The zero-order chi connectivity index (χ0) is 29.1. The minimum Gasteiger partial charge on any atom is -0.494 e. The first-order valence-corrected chi connectivity index (χ1v) is 14.6. The molecular weight excluding hydrogens is 530 g/mol. The predicted octanol–water partition coefficient (Wildman–Crippen LogP) is 4.03. The third kappa shape index (κ3) is 5.83. The number of hydrogen-bond acceptors (Lipinski definition) is 9. The van der Waals surface area contributed by atoms with Crippen molar-refractivity contribution in [2.75, 3.05) is 76.0 Å². The van der Waals surface area contributed by atoms with Crippen LogP contribution < -0.4 is 25.6 Å². The number of amides is 1. The Morgan fingerprint density at radius 2 is 1.74 bits per heavy atom. The van der Waals surface area contributed by atoms with Crippen LogP contribution in [0.1, 0.15) is 23.2 Å². The summed E-state index contributed by atoms with van der Waals surface area (Å²) in [4.78, 5) is 32.6. The van der Waals surface area contributed by atoms with Crippen molar-refractivity contribution in [3.05, 3.63) is 60.3 Å². The fraction of sp³-hybridized carbons (Fsp3) is 0.387. The Labute approximate surface area is 246 Å². The number of nitrogens with one attached hydrogen (secondary N) is 4. The van der Waals surface area contributed by atoms with E-state index >= 15 is 0 Å². The van der Waals surface area contributed by atoms with Gasteiger partial charge in [-0.25, -0.2) is 4.98 Å². The second kappa shape index (κ2) is 12.3. The summed E-state index contributed by atoms with van der Waals surface area (Å²) < 4.78 is 5.80. The summed E-state index contributed by atoms with van der Waals surface area (Å²) in [6.45, 7) is 6.73. The van der Waals surface area contributed by atoms with Crippen LogP contribution in [0.15, 0.2) is 54.7 Å². The maximum absolute atomic E-state index is 12.4. The van der Waals surface area contributed by atoms with Gasteiger partial charge in [-0.2, -0.15) is 4.98 Å². The monoisotopic (exact) mass is 569 g/mol. The SMILES string of the molecule is CNC(=O)c1ccccc1Nc1nc(Nc2ccc(N3CCC(N4CCN(C)CC4)CC3)cc2OC)nc2cc[nH]c12. The van der Waals surface area contributed by atoms with Crippen LogP contribution in [0.4, 0.5) is 28.8 Å². The predicted molar refractivity (Wildman–Crippen MR) is 168 cm³/mol. The van der Waals surface area contributed by atoms with Crippen molar-refractivity contribution in [3.8, 4) is 5.75 Å². The van der Waals surface area contributed by atoms with E-state index in [-0.39, 0.29) is 5.91 Å². The molecule has 2 saturated heterocycles. The van der Waals surface area contributed by atoms with Crippen LogP contribution in [0.2, 0.25) is 0 Å². The number of hydrogen-bond donors (Lipinski definition) is 4. The number of nitrogens with zero attached hydrogens (tertiary/aromatic N) is 5. The lowest BCUT2D eigenvalue weighted by molar-refractivity contribution is 0.0964. The third-order valence-corrected chi connectivity index (χ3v) is 8.37. The van der Waals surface area contributed by atoms with Crippen molar-refractivity contribution in [3.63, 3.8) is 0 Å². The molecule has 11 nitrogen and oxygen atoms in total. The van der Waals surface area contributed by atoms with Gasteiger partial charge in [-0.3, -0.25) is 9.69 Å². The number of aromatic nitrogens is 3. The lowest BCUT2D eigenvalue weighted by Gasteiger charge is -2.42. The van der Waals surface area contributed by atoms with Crippen molar-refractivity contribution in [2.24, 2.45) is 0 Å². The van der Waals surface area contributed by atoms with E-state index in [1.165, 1.54) is 25.9 Å². The molecule has 2 aromatic heterocycles. The standard InChI is InChI=1S/C31H39N9O2/c1-32-30(41)23-6-4-5-7-24(23)34-29-28-26(10-13-33-28)36-31(37-29)35-25-9-8-22(20-27(25)42-3)39-14-11-21(12-15-39)40-18-16-38(2)17-19-40/h4-10,13,20-21,33H,11-12,14-19H2,1-3H3,(H,32,41)(H2,34,35,36,37). The molecular formula is C31H39N9O2. The lowest BCUT2D eigenvalue weighted by atomic mass is 10.0. The van der Waals surface area contributed by atoms with Crippen molar-refractivity contribution < 1.29 is 9.53 Å². The number of para-hydroxylation sites is 1. The number of carbonyl (C=O) groups excluding carboxylic acids is 1. The zero-order valence-electron chi connectivity index (χ0n) is 24.5. The smallest absolute Gasteiger partial charge is 0.253 e. The number of ether oxygens (including phenoxy) is 1. The molecule has 0 bridgehead atoms. The molecule has 4 aromatic rings. The van der Waals surface area contributed by atoms with Gasteiger partial charge in [0.15, 0.2) is 5.82 Å². The molecule has 6 rings (SSSR count). The Morgan fingerprint density at radius 1 is 0.952 bits per heavy atom. The summed E-state index contributed by atoms with van der Waals surface area (Å²) in [6, 6.07) is 16.1. The van der Waals surface area contributed by atoms with Crippen molar-refractivity contribution in [2.45, 2.75) is 18.9 Å². The van der Waals surface area contributed by atoms with Gasteiger partial charge in [-0.05, 0) is 50.2 Å². The number of aromatic amines is 1. The van der Waals surface area contributed by atoms with Crippen LogP contribution in [0.3, 0.4) is 0 Å². The van der Waals surface area contributed by atoms with Gasteiger partial charge in [0, 0.05) is 70.3 Å². The molecule has 2 aromatic carbocycles. The summed E-state index contributed by atoms with van der Waals surface area (Å²) >= 11 is 0. The number of fused-ring (bicyclic) bond motifs is 1. The summed E-state index contributed by atoms with van der Waals surface area (Å²) in [5.74, 6) is 1.52. The average Bonchev–Trinajstić information content (AvgIpc) is 3.51. The molecule has 220 valence electrons. The highest BCUT2D eigenvalue weighted by Gasteiger charge is 2.27. The highest BCUT2D eigenvalue weighted by molar-refractivity contribution is 6.01. The largest absolute Gasteiger partial charge is 0.494 e. The van der Waals surface area contributed by atoms with E-state index in [1.54, 1.807) is 20.2 Å². The zero-order valence-corrected chi connectivity index (χ0v) is 24.5. The van der Waals surface area contributed by atoms with Gasteiger partial charge in [0.25, 0.3) is 5.91 Å². The van der Waals surface area contributed by atoms with E-state index in [0.717, 1.165) is 54.3 Å². The molecule has 0 spiro atoms. The number of benzene rings is 2. The summed E-state index contributed by atoms with van der Waals surface area (Å²) in [6.07, 6.45) is 4.17. The Bertz CT molecular complexity index is 1540. The molecule has 0 aliphatic carbocycles. The number of carbonyl (C=O) groups is 1. The number of piperidine rings is 1. The first kappa shape index (κ1) is 27.8. The summed E-state index contributed by atoms with van der Waals surface area (Å²) in [5.41, 5.74) is 4.60. The third-order valence-electron chi connectivity index (χ3n) is 8.37. The molecule has 42 heavy (non-hydrogen) atoms. The first-order chi connectivity index (χ1) is 20.5. The van der Waals surface area contributed by atoms with Crippen LogP contribution in [0.5, 0.6) is 5.75 Å². The van der Waals surface area contributed by atoms with Gasteiger partial charge >= 0.3 is 0 Å². The Hall–Kier alpha value is -4.35. The molecule has 1 amide bonds. The number of likely N-dealkylation sites (N-methyl/N-ethyl adjacent to an activating group) is 1. The highest BCUT2D eigenvalue weighted by Crippen LogP contribution is 2.34. The number of methoxy groups -OCH3 is 1. The number of H-pyrrole nitrogens is 1. The number of anilines is 5. The topological polar surface area (TPSA) is 114 Å². The molecule has 4 heterocycles. The minimum atomic E-state index is -0.179. The van der Waals surface area contributed by atoms with E-state index in [4.69, 9.17) is 14.7 Å². The fourth-order valence-electron chi connectivity index (χ4n) is 5.92. The molecule has 2 fully saturated rings. The lowest BCUT2D eigenvalue weighted by Crippen LogP contribution is -2.52. The first-order valence-electron chi connectivity index (χ1n) is 14.6. The average molecular weight is 570 g/mol. The molecule has 11 heteroatoms. The second-order valence-corrected chi connectivity index (χ2v) is 11.0. The molecule has 2 aliphatic rings. The van der Waals surface area contributed by atoms with Gasteiger partial charge in [-0.1, -0.05) is 12.1 Å². The quantitative estimate of drug-likeness (QED) is 0.250. The minimum absolute atomic E-state index is 0.179. The van der Waals surface area contributed by atoms with Crippen LogP contribution in [0.25, 0.3) is 11.0 Å². The summed E-state index contributed by atoms with van der Waals surface area (Å²) in [5, 5.41) is 9.37. The fourth-order valence-corrected chi connectivity index (χ4v) is 5.92. The maximum Gasteiger partial charge on any atom is 0.253 e. The Kier molecular flexibility index (Phi) is 8.11. The van der Waals surface area contributed by atoms with Crippen molar-refractivity contribution >= 4 is 45.8 Å². The van der Waals surface area contributed by atoms with Gasteiger partial charge in [0.05, 0.1) is 29.6 Å². The second-order valence-electron chi connectivity index (χ2n) is 11.0. The van der Waals surface area contributed by atoms with Crippen molar-refractivity contribution in [1.82, 2.24) is 30.1 Å². The highest BCUT2D eigenvalue weighted by atomic mass is 16.5. The van der Waals surface area contributed by atoms with Gasteiger partial charge in [0.1, 0.15) is 11.3 Å². The van der Waals surface area contributed by atoms with E-state index in [0.29, 0.717) is 29.1 Å². The van der Waals surface area contributed by atoms with Crippen molar-refractivity contribution in [1.29, 1.82) is 0 Å². The maximum atomic E-state index is 12.4. The van der Waals surface area contributed by atoms with E-state index in [9.17, 15) is 4.79 Å². The van der Waals surface area contributed by atoms with Gasteiger partial charge in [0.2, 0.25) is 5.95 Å². The van der Waals surface area contributed by atoms with E-state index in [2.05, 4.69) is 54.8 Å². The molecule has 0 radical (unpaired) electrons. The molecule has 0 saturated carbocycles. The normalized spacial score (nSPS) is 16.9. The Morgan fingerprint density at radius 3 is 2.50 bits per heavy atom. The van der Waals surface area contributed by atoms with E-state index in [1.807, 2.05) is 36.5 Å². The van der Waals surface area contributed by atoms with Crippen LogP contribution in [0, 0.1) is 0 Å². The molecule has 4 N–H and O–H groups in total. The summed E-state index contributed by atoms with van der Waals surface area (Å²) in [7, 11) is 5.51. The molecule has 2 aliphatic heterocycles. The van der Waals surface area contributed by atoms with Crippen LogP contribution in [-0.4, -0.2) is 97.2 Å².